The summed E-state index contributed by atoms with van der Waals surface area (Å²) < 4.78 is 1.68. The molecule has 1 aromatic heterocycles. The molecule has 0 aliphatic rings. The molecular formula is C9H8BrN5O. The Morgan fingerprint density at radius 1 is 1.69 bits per heavy atom. The van der Waals surface area contributed by atoms with Gasteiger partial charge in [-0.25, -0.2) is 0 Å². The molecule has 0 radical (unpaired) electrons. The minimum atomic E-state index is -1.08. The van der Waals surface area contributed by atoms with Gasteiger partial charge in [0.2, 0.25) is 6.41 Å². The Kier molecular flexibility index (Phi) is 3.96. The number of halogens is 1. The van der Waals surface area contributed by atoms with Crippen LogP contribution in [0.15, 0.2) is 22.8 Å². The van der Waals surface area contributed by atoms with E-state index in [4.69, 9.17) is 16.1 Å². The lowest BCUT2D eigenvalue weighted by Crippen LogP contribution is -2.42. The van der Waals surface area contributed by atoms with Crippen molar-refractivity contribution in [2.24, 2.45) is 0 Å². The summed E-state index contributed by atoms with van der Waals surface area (Å²) in [5.74, 6) is -0.188. The largest absolute Gasteiger partial charge is 0.337 e. The summed E-state index contributed by atoms with van der Waals surface area (Å²) in [5.41, 5.74) is 0.0484. The maximum Gasteiger partial charge on any atom is 0.208 e. The molecule has 1 rings (SSSR count). The Morgan fingerprint density at radius 2 is 2.38 bits per heavy atom. The first-order chi connectivity index (χ1) is 7.61. The molecule has 0 saturated carbocycles. The molecule has 1 unspecified atom stereocenters. The fourth-order valence-electron chi connectivity index (χ4n) is 1.10. The molecule has 1 atom stereocenters. The van der Waals surface area contributed by atoms with Crippen molar-refractivity contribution in [3.63, 3.8) is 0 Å². The average molecular weight is 282 g/mol. The lowest BCUT2D eigenvalue weighted by Gasteiger charge is -2.14. The van der Waals surface area contributed by atoms with Gasteiger partial charge < -0.3 is 5.32 Å². The number of amides is 1. The van der Waals surface area contributed by atoms with Crippen molar-refractivity contribution >= 4 is 28.2 Å². The zero-order valence-corrected chi connectivity index (χ0v) is 9.65. The van der Waals surface area contributed by atoms with Crippen LogP contribution < -0.4 is 10.8 Å². The first-order valence-corrected chi connectivity index (χ1v) is 5.01. The number of nitriles is 1. The SMILES string of the molecule is N#CC(NC=O)C(=N)n1c(Br)cccc1=N. The number of nitrogens with one attached hydrogen (secondary N) is 3. The molecule has 82 valence electrons. The predicted octanol–water partition coefficient (Wildman–Crippen LogP) is 0.194. The Hall–Kier alpha value is -1.94. The van der Waals surface area contributed by atoms with Crippen molar-refractivity contribution in [3.05, 3.63) is 28.3 Å². The van der Waals surface area contributed by atoms with Gasteiger partial charge in [0.1, 0.15) is 11.3 Å². The highest BCUT2D eigenvalue weighted by molar-refractivity contribution is 9.10. The zero-order chi connectivity index (χ0) is 12.1. The van der Waals surface area contributed by atoms with Crippen molar-refractivity contribution in [2.45, 2.75) is 6.04 Å². The van der Waals surface area contributed by atoms with E-state index >= 15 is 0 Å². The summed E-state index contributed by atoms with van der Waals surface area (Å²) in [6, 6.07) is 5.45. The third-order valence-corrected chi connectivity index (χ3v) is 2.44. The average Bonchev–Trinajstić information content (AvgIpc) is 2.25. The van der Waals surface area contributed by atoms with Crippen molar-refractivity contribution < 1.29 is 4.79 Å². The lowest BCUT2D eigenvalue weighted by molar-refractivity contribution is -0.109. The summed E-state index contributed by atoms with van der Waals surface area (Å²) in [5, 5.41) is 26.3. The maximum atomic E-state index is 10.3. The molecule has 0 aromatic carbocycles. The number of pyridine rings is 1. The summed E-state index contributed by atoms with van der Waals surface area (Å²) >= 11 is 3.17. The van der Waals surface area contributed by atoms with Crippen LogP contribution in [0.3, 0.4) is 0 Å². The molecule has 1 heterocycles. The number of carbonyl (C=O) groups excluding carboxylic acids is 1. The first kappa shape index (κ1) is 12.1. The fourth-order valence-corrected chi connectivity index (χ4v) is 1.64. The van der Waals surface area contributed by atoms with E-state index in [2.05, 4.69) is 21.2 Å². The Balaban J connectivity index is 3.19. The highest BCUT2D eigenvalue weighted by Crippen LogP contribution is 2.06. The third kappa shape index (κ3) is 2.35. The quantitative estimate of drug-likeness (QED) is 0.319. The summed E-state index contributed by atoms with van der Waals surface area (Å²) in [7, 11) is 0. The van der Waals surface area contributed by atoms with E-state index in [9.17, 15) is 4.79 Å². The van der Waals surface area contributed by atoms with E-state index in [1.54, 1.807) is 18.2 Å². The van der Waals surface area contributed by atoms with Gasteiger partial charge in [0.25, 0.3) is 0 Å². The topological polar surface area (TPSA) is 106 Å². The number of hydrogen-bond acceptors (Lipinski definition) is 4. The van der Waals surface area contributed by atoms with Crippen molar-refractivity contribution in [1.82, 2.24) is 9.88 Å². The number of hydrogen-bond donors (Lipinski definition) is 3. The van der Waals surface area contributed by atoms with Crippen LogP contribution >= 0.6 is 15.9 Å². The fraction of sp³-hybridized carbons (Fsp3) is 0.111. The Bertz CT molecular complexity index is 515. The second kappa shape index (κ2) is 5.23. The molecule has 7 heteroatoms. The molecule has 6 nitrogen and oxygen atoms in total. The van der Waals surface area contributed by atoms with Gasteiger partial charge in [-0.05, 0) is 28.1 Å². The summed E-state index contributed by atoms with van der Waals surface area (Å²) in [6.45, 7) is 0. The second-order valence-corrected chi connectivity index (χ2v) is 3.61. The van der Waals surface area contributed by atoms with Gasteiger partial charge in [-0.1, -0.05) is 6.07 Å². The monoisotopic (exact) mass is 281 g/mol. The van der Waals surface area contributed by atoms with Crippen molar-refractivity contribution in [2.75, 3.05) is 0 Å². The van der Waals surface area contributed by atoms with Crippen LogP contribution in [0, 0.1) is 22.1 Å². The van der Waals surface area contributed by atoms with E-state index in [1.807, 2.05) is 0 Å². The minimum Gasteiger partial charge on any atom is -0.337 e. The van der Waals surface area contributed by atoms with E-state index in [0.29, 0.717) is 11.0 Å². The zero-order valence-electron chi connectivity index (χ0n) is 8.07. The second-order valence-electron chi connectivity index (χ2n) is 2.80. The molecule has 1 amide bonds. The minimum absolute atomic E-state index is 0.0484. The van der Waals surface area contributed by atoms with Crippen LogP contribution in [-0.2, 0) is 4.79 Å². The van der Waals surface area contributed by atoms with Gasteiger partial charge in [0.05, 0.1) is 10.7 Å². The van der Waals surface area contributed by atoms with Crippen LogP contribution in [0.2, 0.25) is 0 Å². The molecule has 0 spiro atoms. The van der Waals surface area contributed by atoms with E-state index in [0.717, 1.165) is 0 Å². The molecule has 0 fully saturated rings. The van der Waals surface area contributed by atoms with Gasteiger partial charge in [-0.3, -0.25) is 20.2 Å². The molecule has 0 aliphatic heterocycles. The van der Waals surface area contributed by atoms with Crippen molar-refractivity contribution in [3.8, 4) is 6.07 Å². The van der Waals surface area contributed by atoms with Gasteiger partial charge in [-0.2, -0.15) is 5.26 Å². The summed E-state index contributed by atoms with van der Waals surface area (Å²) in [4.78, 5) is 10.3. The van der Waals surface area contributed by atoms with Gasteiger partial charge in [-0.15, -0.1) is 0 Å². The standard InChI is InChI=1S/C9H8BrN5O/c10-7-2-1-3-8(12)15(7)9(13)6(4-11)14-5-16/h1-3,5-6,12-13H,(H,14,16). The van der Waals surface area contributed by atoms with Crippen molar-refractivity contribution in [1.29, 1.82) is 16.1 Å². The first-order valence-electron chi connectivity index (χ1n) is 4.22. The molecule has 1 aromatic rings. The van der Waals surface area contributed by atoms with E-state index < -0.39 is 6.04 Å². The molecule has 0 aliphatic carbocycles. The molecule has 0 bridgehead atoms. The smallest absolute Gasteiger partial charge is 0.208 e. The van der Waals surface area contributed by atoms with E-state index in [1.165, 1.54) is 10.6 Å². The number of aromatic nitrogens is 1. The maximum absolute atomic E-state index is 10.3. The normalized spacial score (nSPS) is 11.2. The molecule has 0 saturated heterocycles. The van der Waals surface area contributed by atoms with Crippen LogP contribution in [0.1, 0.15) is 0 Å². The molecule has 16 heavy (non-hydrogen) atoms. The Morgan fingerprint density at radius 3 is 2.88 bits per heavy atom. The van der Waals surface area contributed by atoms with Gasteiger partial charge >= 0.3 is 0 Å². The summed E-state index contributed by atoms with van der Waals surface area (Å²) in [6.07, 6.45) is 0.351. The molecular weight excluding hydrogens is 274 g/mol. The number of nitrogens with zero attached hydrogens (tertiary/aromatic N) is 2. The Labute approximate surface area is 99.7 Å². The van der Waals surface area contributed by atoms with Crippen LogP contribution in [-0.4, -0.2) is 22.9 Å². The predicted molar refractivity (Wildman–Crippen MR) is 59.7 cm³/mol. The van der Waals surface area contributed by atoms with Crippen LogP contribution in [0.25, 0.3) is 0 Å². The van der Waals surface area contributed by atoms with Gasteiger partial charge in [0, 0.05) is 0 Å². The van der Waals surface area contributed by atoms with Crippen LogP contribution in [0.4, 0.5) is 0 Å². The highest BCUT2D eigenvalue weighted by Gasteiger charge is 2.16. The highest BCUT2D eigenvalue weighted by atomic mass is 79.9. The number of rotatable bonds is 3. The third-order valence-electron chi connectivity index (χ3n) is 1.82. The van der Waals surface area contributed by atoms with Gasteiger partial charge in [0.15, 0.2) is 6.04 Å². The molecule has 3 N–H and O–H groups in total. The van der Waals surface area contributed by atoms with E-state index in [-0.39, 0.29) is 11.3 Å². The number of carbonyl (C=O) groups is 1. The lowest BCUT2D eigenvalue weighted by atomic mass is 10.3. The van der Waals surface area contributed by atoms with Crippen LogP contribution in [0.5, 0.6) is 0 Å².